The maximum atomic E-state index is 13.6. The van der Waals surface area contributed by atoms with Gasteiger partial charge in [-0.2, -0.15) is 0 Å². The van der Waals surface area contributed by atoms with E-state index in [-0.39, 0.29) is 41.9 Å². The topological polar surface area (TPSA) is 63.7 Å². The number of ether oxygens (including phenoxy) is 1. The molecule has 5 aliphatic rings. The molecule has 7 atom stereocenters. The molecular weight excluding hydrogens is 414 g/mol. The Morgan fingerprint density at radius 1 is 0.909 bits per heavy atom. The molecule has 0 unspecified atom stereocenters. The normalized spacial score (nSPS) is 31.8. The van der Waals surface area contributed by atoms with Crippen molar-refractivity contribution in [3.8, 4) is 5.75 Å². The quantitative estimate of drug-likeness (QED) is 0.296. The molecule has 2 aromatic rings. The SMILES string of the molecule is CCc1ccc(OC(=O)[C@H](Cc2ccccc2)N2C(=O)[C@@H]3[C@H]4C=C[C@@H]([C@@H]5C[C@H]45)[C@H]3C2=O)cc1. The first kappa shape index (κ1) is 20.4. The van der Waals surface area contributed by atoms with Crippen LogP contribution in [0.4, 0.5) is 0 Å². The second-order valence-corrected chi connectivity index (χ2v) is 9.83. The van der Waals surface area contributed by atoms with Crippen molar-refractivity contribution in [3.05, 3.63) is 77.9 Å². The largest absolute Gasteiger partial charge is 0.425 e. The molecule has 168 valence electrons. The molecule has 2 saturated carbocycles. The van der Waals surface area contributed by atoms with Crippen LogP contribution in [-0.4, -0.2) is 28.7 Å². The Bertz CT molecular complexity index is 1100. The summed E-state index contributed by atoms with van der Waals surface area (Å²) in [6, 6.07) is 15.9. The molecule has 5 nitrogen and oxygen atoms in total. The van der Waals surface area contributed by atoms with Crippen molar-refractivity contribution in [2.75, 3.05) is 0 Å². The molecule has 0 radical (unpaired) electrons. The number of benzene rings is 2. The Balaban J connectivity index is 1.31. The van der Waals surface area contributed by atoms with Gasteiger partial charge in [0, 0.05) is 6.42 Å². The number of esters is 1. The number of imide groups is 1. The molecule has 33 heavy (non-hydrogen) atoms. The van der Waals surface area contributed by atoms with Gasteiger partial charge in [-0.3, -0.25) is 14.5 Å². The molecule has 0 aromatic heterocycles. The smallest absolute Gasteiger partial charge is 0.335 e. The van der Waals surface area contributed by atoms with Gasteiger partial charge in [-0.1, -0.05) is 61.5 Å². The molecule has 1 saturated heterocycles. The van der Waals surface area contributed by atoms with Crippen molar-refractivity contribution in [3.63, 3.8) is 0 Å². The molecule has 7 rings (SSSR count). The van der Waals surface area contributed by atoms with Gasteiger partial charge in [0.2, 0.25) is 11.8 Å². The van der Waals surface area contributed by atoms with Crippen molar-refractivity contribution in [1.82, 2.24) is 4.90 Å². The van der Waals surface area contributed by atoms with Gasteiger partial charge in [0.15, 0.2) is 0 Å². The third-order valence-electron chi connectivity index (χ3n) is 8.10. The molecule has 3 fully saturated rings. The molecule has 2 aromatic carbocycles. The number of hydrogen-bond donors (Lipinski definition) is 0. The summed E-state index contributed by atoms with van der Waals surface area (Å²) in [6.45, 7) is 2.06. The molecule has 1 aliphatic heterocycles. The number of carbonyl (C=O) groups excluding carboxylic acids is 3. The van der Waals surface area contributed by atoms with Gasteiger partial charge in [0.05, 0.1) is 11.8 Å². The van der Waals surface area contributed by atoms with Gasteiger partial charge in [-0.25, -0.2) is 4.79 Å². The predicted molar refractivity (Wildman–Crippen MR) is 122 cm³/mol. The summed E-state index contributed by atoms with van der Waals surface area (Å²) in [5.74, 6) is 0.107. The van der Waals surface area contributed by atoms with E-state index in [0.717, 1.165) is 24.0 Å². The number of rotatable bonds is 6. The van der Waals surface area contributed by atoms with E-state index in [1.807, 2.05) is 42.5 Å². The Morgan fingerprint density at radius 2 is 1.52 bits per heavy atom. The molecule has 2 bridgehead atoms. The number of aryl methyl sites for hydroxylation is 1. The highest BCUT2D eigenvalue weighted by molar-refractivity contribution is 6.09. The van der Waals surface area contributed by atoms with Gasteiger partial charge in [-0.05, 0) is 59.8 Å². The molecule has 5 heteroatoms. The first-order valence-electron chi connectivity index (χ1n) is 12.0. The van der Waals surface area contributed by atoms with Crippen LogP contribution in [0.5, 0.6) is 5.75 Å². The van der Waals surface area contributed by atoms with Crippen molar-refractivity contribution in [2.45, 2.75) is 32.2 Å². The number of nitrogens with zero attached hydrogens (tertiary/aromatic N) is 1. The van der Waals surface area contributed by atoms with E-state index in [1.165, 1.54) is 4.90 Å². The Kier molecular flexibility index (Phi) is 4.75. The second kappa shape index (κ2) is 7.68. The zero-order chi connectivity index (χ0) is 22.7. The lowest BCUT2D eigenvalue weighted by atomic mass is 9.63. The van der Waals surface area contributed by atoms with E-state index in [1.54, 1.807) is 12.1 Å². The molecule has 2 amide bonds. The highest BCUT2D eigenvalue weighted by Gasteiger charge is 2.68. The van der Waals surface area contributed by atoms with E-state index in [2.05, 4.69) is 19.1 Å². The number of allylic oxidation sites excluding steroid dienone is 2. The van der Waals surface area contributed by atoms with Crippen LogP contribution in [0.2, 0.25) is 0 Å². The van der Waals surface area contributed by atoms with E-state index in [4.69, 9.17) is 4.74 Å². The highest BCUT2D eigenvalue weighted by atomic mass is 16.5. The Hall–Kier alpha value is -3.21. The molecule has 0 N–H and O–H groups in total. The predicted octanol–water partition coefficient (Wildman–Crippen LogP) is 3.82. The van der Waals surface area contributed by atoms with Gasteiger partial charge in [-0.15, -0.1) is 0 Å². The van der Waals surface area contributed by atoms with Gasteiger partial charge in [0.1, 0.15) is 11.8 Å². The lowest BCUT2D eigenvalue weighted by molar-refractivity contribution is -0.153. The van der Waals surface area contributed by atoms with Crippen LogP contribution >= 0.6 is 0 Å². The van der Waals surface area contributed by atoms with Crippen LogP contribution in [0.1, 0.15) is 24.5 Å². The fourth-order valence-corrected chi connectivity index (χ4v) is 6.38. The average molecular weight is 442 g/mol. The highest BCUT2D eigenvalue weighted by Crippen LogP contribution is 2.65. The maximum Gasteiger partial charge on any atom is 0.335 e. The number of likely N-dealkylation sites (tertiary alicyclic amines) is 1. The third kappa shape index (κ3) is 3.25. The van der Waals surface area contributed by atoms with Crippen LogP contribution in [-0.2, 0) is 27.2 Å². The standard InChI is InChI=1S/C28H27NO4/c1-2-16-8-10-18(11-9-16)33-28(32)23(14-17-6-4-3-5-7-17)29-26(30)24-19-12-13-20(22-15-21(19)22)25(24)27(29)31/h3-13,19-25H,2,14-15H2,1H3/t19-,20-,21-,22+,23-,24+,25+/m0/s1. The minimum Gasteiger partial charge on any atom is -0.425 e. The minimum atomic E-state index is -0.973. The third-order valence-corrected chi connectivity index (χ3v) is 8.10. The maximum absolute atomic E-state index is 13.6. The molecule has 4 aliphatic carbocycles. The van der Waals surface area contributed by atoms with Crippen molar-refractivity contribution < 1.29 is 19.1 Å². The first-order chi connectivity index (χ1) is 16.1. The molecule has 1 heterocycles. The van der Waals surface area contributed by atoms with Crippen LogP contribution in [0, 0.1) is 35.5 Å². The molecule has 0 spiro atoms. The minimum absolute atomic E-state index is 0.126. The van der Waals surface area contributed by atoms with Gasteiger partial charge >= 0.3 is 5.97 Å². The second-order valence-electron chi connectivity index (χ2n) is 9.83. The van der Waals surface area contributed by atoms with Gasteiger partial charge in [0.25, 0.3) is 0 Å². The zero-order valence-corrected chi connectivity index (χ0v) is 18.6. The van der Waals surface area contributed by atoms with Crippen molar-refractivity contribution in [2.24, 2.45) is 35.5 Å². The van der Waals surface area contributed by atoms with E-state index in [0.29, 0.717) is 17.6 Å². The summed E-state index contributed by atoms with van der Waals surface area (Å²) in [4.78, 5) is 42.0. The van der Waals surface area contributed by atoms with E-state index in [9.17, 15) is 14.4 Å². The summed E-state index contributed by atoms with van der Waals surface area (Å²) in [7, 11) is 0. The fourth-order valence-electron chi connectivity index (χ4n) is 6.38. The fraction of sp³-hybridized carbons (Fsp3) is 0.393. The summed E-state index contributed by atoms with van der Waals surface area (Å²) in [6.07, 6.45) is 6.55. The summed E-state index contributed by atoms with van der Waals surface area (Å²) < 4.78 is 5.71. The van der Waals surface area contributed by atoms with Crippen molar-refractivity contribution >= 4 is 17.8 Å². The monoisotopic (exact) mass is 441 g/mol. The summed E-state index contributed by atoms with van der Waals surface area (Å²) in [5, 5.41) is 0. The number of carbonyl (C=O) groups is 3. The van der Waals surface area contributed by atoms with Crippen molar-refractivity contribution in [1.29, 1.82) is 0 Å². The number of amides is 2. The van der Waals surface area contributed by atoms with Crippen LogP contribution in [0.15, 0.2) is 66.7 Å². The lowest BCUT2D eigenvalue weighted by Crippen LogP contribution is -2.48. The van der Waals surface area contributed by atoms with E-state index < -0.39 is 12.0 Å². The molecular formula is C28H27NO4. The van der Waals surface area contributed by atoms with Crippen LogP contribution in [0.3, 0.4) is 0 Å². The zero-order valence-electron chi connectivity index (χ0n) is 18.6. The Morgan fingerprint density at radius 3 is 2.09 bits per heavy atom. The van der Waals surface area contributed by atoms with Crippen LogP contribution in [0.25, 0.3) is 0 Å². The van der Waals surface area contributed by atoms with Gasteiger partial charge < -0.3 is 4.74 Å². The van der Waals surface area contributed by atoms with Crippen LogP contribution < -0.4 is 4.74 Å². The van der Waals surface area contributed by atoms with E-state index >= 15 is 0 Å². The summed E-state index contributed by atoms with van der Waals surface area (Å²) in [5.41, 5.74) is 2.03. The lowest BCUT2D eigenvalue weighted by Gasteiger charge is -2.37. The summed E-state index contributed by atoms with van der Waals surface area (Å²) >= 11 is 0. The Labute approximate surface area is 193 Å². The average Bonchev–Trinajstić information content (AvgIpc) is 3.62. The first-order valence-corrected chi connectivity index (χ1v) is 12.0. The number of hydrogen-bond acceptors (Lipinski definition) is 4.